The largest absolute Gasteiger partial charge is 0.370 e. The molecule has 0 aliphatic heterocycles. The first kappa shape index (κ1) is 11.7. The number of rotatable bonds is 5. The molecule has 0 fully saturated rings. The average Bonchev–Trinajstić information content (AvgIpc) is 2.50. The maximum atomic E-state index is 10.7. The third-order valence-electron chi connectivity index (χ3n) is 1.92. The zero-order chi connectivity index (χ0) is 11.5. The zero-order valence-corrected chi connectivity index (χ0v) is 8.70. The average molecular weight is 232 g/mol. The summed E-state index contributed by atoms with van der Waals surface area (Å²) in [6, 6.07) is 3.31. The van der Waals surface area contributed by atoms with E-state index < -0.39 is 27.7 Å². The van der Waals surface area contributed by atoms with Gasteiger partial charge in [-0.05, 0) is 12.1 Å². The molecule has 0 bridgehead atoms. The number of carbonyl (C=O) groups excluding carboxylic acids is 1. The molecule has 1 aromatic heterocycles. The maximum absolute atomic E-state index is 10.7. The molecule has 0 aliphatic rings. The molecular formula is C8H12N2O4S. The summed E-state index contributed by atoms with van der Waals surface area (Å²) < 4.78 is 30.1. The van der Waals surface area contributed by atoms with Crippen LogP contribution in [0, 0.1) is 0 Å². The number of hydrogen-bond acceptors (Lipinski definition) is 3. The van der Waals surface area contributed by atoms with Gasteiger partial charge in [-0.2, -0.15) is 8.42 Å². The van der Waals surface area contributed by atoms with Crippen LogP contribution in [0.2, 0.25) is 0 Å². The fourth-order valence-corrected chi connectivity index (χ4v) is 2.16. The van der Waals surface area contributed by atoms with Crippen molar-refractivity contribution in [1.29, 1.82) is 0 Å². The number of primary amides is 1. The molecule has 1 atom stereocenters. The molecule has 7 heteroatoms. The van der Waals surface area contributed by atoms with E-state index in [0.717, 1.165) is 0 Å². The van der Waals surface area contributed by atoms with Crippen molar-refractivity contribution in [3.8, 4) is 0 Å². The van der Waals surface area contributed by atoms with Crippen LogP contribution in [-0.4, -0.2) is 29.6 Å². The summed E-state index contributed by atoms with van der Waals surface area (Å²) in [5.74, 6) is -1.76. The van der Waals surface area contributed by atoms with Gasteiger partial charge in [0.25, 0.3) is 10.1 Å². The van der Waals surface area contributed by atoms with Gasteiger partial charge in [-0.25, -0.2) is 0 Å². The van der Waals surface area contributed by atoms with E-state index in [1.807, 2.05) is 0 Å². The van der Waals surface area contributed by atoms with Crippen LogP contribution in [0.5, 0.6) is 0 Å². The van der Waals surface area contributed by atoms with Crippen LogP contribution in [0.15, 0.2) is 18.3 Å². The monoisotopic (exact) mass is 232 g/mol. The van der Waals surface area contributed by atoms with Gasteiger partial charge in [0.1, 0.15) is 0 Å². The highest BCUT2D eigenvalue weighted by Crippen LogP contribution is 2.19. The molecule has 1 unspecified atom stereocenters. The summed E-state index contributed by atoms with van der Waals surface area (Å²) in [7, 11) is -4.12. The quantitative estimate of drug-likeness (QED) is 0.613. The normalized spacial score (nSPS) is 13.7. The number of aromatic amines is 1. The predicted octanol–water partition coefficient (Wildman–Crippen LogP) is -0.139. The molecule has 4 N–H and O–H groups in total. The molecule has 15 heavy (non-hydrogen) atoms. The fraction of sp³-hybridized carbons (Fsp3) is 0.375. The zero-order valence-electron chi connectivity index (χ0n) is 7.88. The second-order valence-corrected chi connectivity index (χ2v) is 4.74. The van der Waals surface area contributed by atoms with Gasteiger partial charge in [0.05, 0.1) is 5.75 Å². The maximum Gasteiger partial charge on any atom is 0.265 e. The summed E-state index contributed by atoms with van der Waals surface area (Å²) in [4.78, 5) is 13.5. The smallest absolute Gasteiger partial charge is 0.265 e. The van der Waals surface area contributed by atoms with E-state index in [1.165, 1.54) is 0 Å². The highest BCUT2D eigenvalue weighted by atomic mass is 32.2. The van der Waals surface area contributed by atoms with Crippen molar-refractivity contribution in [1.82, 2.24) is 4.98 Å². The van der Waals surface area contributed by atoms with E-state index in [4.69, 9.17) is 10.3 Å². The Labute approximate surface area is 87.2 Å². The molecular weight excluding hydrogens is 220 g/mol. The molecule has 1 aromatic rings. The van der Waals surface area contributed by atoms with Crippen molar-refractivity contribution >= 4 is 16.0 Å². The Hall–Kier alpha value is -1.34. The second kappa shape index (κ2) is 4.45. The summed E-state index contributed by atoms with van der Waals surface area (Å²) in [5.41, 5.74) is 5.55. The minimum absolute atomic E-state index is 0.125. The fourth-order valence-electron chi connectivity index (χ4n) is 1.35. The van der Waals surface area contributed by atoms with Gasteiger partial charge in [-0.1, -0.05) is 0 Å². The molecule has 0 aliphatic carbocycles. The Kier molecular flexibility index (Phi) is 3.48. The van der Waals surface area contributed by atoms with Gasteiger partial charge >= 0.3 is 0 Å². The Morgan fingerprint density at radius 1 is 1.60 bits per heavy atom. The van der Waals surface area contributed by atoms with Crippen molar-refractivity contribution in [3.63, 3.8) is 0 Å². The molecule has 0 spiro atoms. The predicted molar refractivity (Wildman–Crippen MR) is 53.8 cm³/mol. The number of aromatic nitrogens is 1. The van der Waals surface area contributed by atoms with E-state index in [9.17, 15) is 13.2 Å². The molecule has 0 aromatic carbocycles. The molecule has 1 heterocycles. The van der Waals surface area contributed by atoms with Gasteiger partial charge in [0.15, 0.2) is 0 Å². The van der Waals surface area contributed by atoms with Crippen LogP contribution in [0.25, 0.3) is 0 Å². The Bertz CT molecular complexity index is 424. The van der Waals surface area contributed by atoms with Crippen molar-refractivity contribution in [3.05, 3.63) is 24.0 Å². The van der Waals surface area contributed by atoms with Gasteiger partial charge < -0.3 is 10.7 Å². The molecule has 0 radical (unpaired) electrons. The molecule has 1 amide bonds. The molecule has 0 saturated heterocycles. The number of amides is 1. The van der Waals surface area contributed by atoms with Gasteiger partial charge in [-0.3, -0.25) is 9.35 Å². The van der Waals surface area contributed by atoms with Gasteiger partial charge in [0, 0.05) is 24.2 Å². The van der Waals surface area contributed by atoms with Crippen LogP contribution in [0.4, 0.5) is 0 Å². The minimum Gasteiger partial charge on any atom is -0.370 e. The molecule has 84 valence electrons. The lowest BCUT2D eigenvalue weighted by Gasteiger charge is -2.11. The van der Waals surface area contributed by atoms with E-state index >= 15 is 0 Å². The molecule has 6 nitrogen and oxygen atoms in total. The Morgan fingerprint density at radius 2 is 2.27 bits per heavy atom. The van der Waals surface area contributed by atoms with Crippen molar-refractivity contribution < 1.29 is 17.8 Å². The van der Waals surface area contributed by atoms with Gasteiger partial charge in [-0.15, -0.1) is 0 Å². The van der Waals surface area contributed by atoms with E-state index in [2.05, 4.69) is 4.98 Å². The van der Waals surface area contributed by atoms with Crippen LogP contribution >= 0.6 is 0 Å². The number of carbonyl (C=O) groups is 1. The summed E-state index contributed by atoms with van der Waals surface area (Å²) in [6.45, 7) is 0. The van der Waals surface area contributed by atoms with Crippen molar-refractivity contribution in [2.75, 3.05) is 5.75 Å². The van der Waals surface area contributed by atoms with Crippen LogP contribution in [0.1, 0.15) is 18.0 Å². The first-order valence-electron chi connectivity index (χ1n) is 4.25. The Morgan fingerprint density at radius 3 is 2.67 bits per heavy atom. The third kappa shape index (κ3) is 4.13. The van der Waals surface area contributed by atoms with Crippen LogP contribution in [0.3, 0.4) is 0 Å². The SMILES string of the molecule is NC(=O)CC(CS(=O)(=O)O)c1ccc[nH]1. The molecule has 1 rings (SSSR count). The first-order chi connectivity index (χ1) is 6.88. The molecule has 0 saturated carbocycles. The third-order valence-corrected chi connectivity index (χ3v) is 2.74. The highest BCUT2D eigenvalue weighted by molar-refractivity contribution is 7.85. The number of hydrogen-bond donors (Lipinski definition) is 3. The lowest BCUT2D eigenvalue weighted by atomic mass is 10.0. The van der Waals surface area contributed by atoms with E-state index in [-0.39, 0.29) is 6.42 Å². The number of nitrogens with one attached hydrogen (secondary N) is 1. The summed E-state index contributed by atoms with van der Waals surface area (Å²) in [5, 5.41) is 0. The topological polar surface area (TPSA) is 113 Å². The number of H-pyrrole nitrogens is 1. The first-order valence-corrected chi connectivity index (χ1v) is 5.86. The lowest BCUT2D eigenvalue weighted by Crippen LogP contribution is -2.21. The van der Waals surface area contributed by atoms with Gasteiger partial charge in [0.2, 0.25) is 5.91 Å². The summed E-state index contributed by atoms with van der Waals surface area (Å²) in [6.07, 6.45) is 1.48. The minimum atomic E-state index is -4.12. The standard InChI is InChI=1S/C8H12N2O4S/c9-8(11)4-6(5-15(12,13)14)7-2-1-3-10-7/h1-3,6,10H,4-5H2,(H2,9,11)(H,12,13,14). The highest BCUT2D eigenvalue weighted by Gasteiger charge is 2.21. The van der Waals surface area contributed by atoms with E-state index in [0.29, 0.717) is 5.69 Å². The van der Waals surface area contributed by atoms with Crippen molar-refractivity contribution in [2.45, 2.75) is 12.3 Å². The number of nitrogens with two attached hydrogens (primary N) is 1. The van der Waals surface area contributed by atoms with Crippen LogP contribution in [-0.2, 0) is 14.9 Å². The van der Waals surface area contributed by atoms with Crippen molar-refractivity contribution in [2.24, 2.45) is 5.73 Å². The second-order valence-electron chi connectivity index (χ2n) is 3.24. The van der Waals surface area contributed by atoms with E-state index in [1.54, 1.807) is 18.3 Å². The van der Waals surface area contributed by atoms with Crippen LogP contribution < -0.4 is 5.73 Å². The summed E-state index contributed by atoms with van der Waals surface area (Å²) >= 11 is 0. The lowest BCUT2D eigenvalue weighted by molar-refractivity contribution is -0.118. The Balaban J connectivity index is 2.84.